The third kappa shape index (κ3) is 2.49. The topological polar surface area (TPSA) is 52.9 Å². The predicted octanol–water partition coefficient (Wildman–Crippen LogP) is 4.12. The quantitative estimate of drug-likeness (QED) is 0.888. The number of aryl methyl sites for hydroxylation is 2. The van der Waals surface area contributed by atoms with Gasteiger partial charge < -0.3 is 5.32 Å². The van der Waals surface area contributed by atoms with Gasteiger partial charge in [-0.2, -0.15) is 5.26 Å². The molecule has 5 heteroatoms. The van der Waals surface area contributed by atoms with E-state index in [1.807, 2.05) is 6.07 Å². The van der Waals surface area contributed by atoms with E-state index in [-0.39, 0.29) is 5.91 Å². The minimum Gasteiger partial charge on any atom is -0.320 e. The zero-order valence-corrected chi connectivity index (χ0v) is 13.0. The lowest BCUT2D eigenvalue weighted by Crippen LogP contribution is -2.11. The van der Waals surface area contributed by atoms with Crippen molar-refractivity contribution in [2.45, 2.75) is 19.3 Å². The summed E-state index contributed by atoms with van der Waals surface area (Å²) in [5.41, 5.74) is 2.31. The fourth-order valence-corrected chi connectivity index (χ4v) is 3.85. The minimum atomic E-state index is -0.140. The van der Waals surface area contributed by atoms with Gasteiger partial charge >= 0.3 is 0 Å². The minimum absolute atomic E-state index is 0.140. The highest BCUT2D eigenvalue weighted by molar-refractivity contribution is 9.10. The summed E-state index contributed by atoms with van der Waals surface area (Å²) in [6.07, 6.45) is 3.33. The molecule has 0 saturated carbocycles. The molecule has 0 bridgehead atoms. The molecular weight excluding hydrogens is 336 g/mol. The monoisotopic (exact) mass is 346 g/mol. The second-order valence-electron chi connectivity index (χ2n) is 4.67. The summed E-state index contributed by atoms with van der Waals surface area (Å²) in [4.78, 5) is 14.3. The smallest absolute Gasteiger partial charge is 0.265 e. The SMILES string of the molecule is N#Cc1ccc(Br)cc1NC(=O)c1cc2c(s1)CCC2. The van der Waals surface area contributed by atoms with Gasteiger partial charge in [0.1, 0.15) is 6.07 Å². The number of amides is 1. The van der Waals surface area contributed by atoms with Crippen LogP contribution in [-0.4, -0.2) is 5.91 Å². The maximum Gasteiger partial charge on any atom is 0.265 e. The molecule has 2 aromatic rings. The van der Waals surface area contributed by atoms with Gasteiger partial charge in [0, 0.05) is 9.35 Å². The second-order valence-corrected chi connectivity index (χ2v) is 6.72. The van der Waals surface area contributed by atoms with E-state index < -0.39 is 0 Å². The van der Waals surface area contributed by atoms with Gasteiger partial charge in [-0.25, -0.2) is 0 Å². The summed E-state index contributed by atoms with van der Waals surface area (Å²) in [7, 11) is 0. The lowest BCUT2D eigenvalue weighted by molar-refractivity contribution is 0.103. The first-order valence-electron chi connectivity index (χ1n) is 6.30. The molecule has 1 N–H and O–H groups in total. The normalized spacial score (nSPS) is 12.8. The molecule has 1 aromatic carbocycles. The Labute approximate surface area is 129 Å². The fourth-order valence-electron chi connectivity index (χ4n) is 2.34. The molecule has 0 fully saturated rings. The zero-order valence-electron chi connectivity index (χ0n) is 10.6. The molecule has 1 heterocycles. The third-order valence-electron chi connectivity index (χ3n) is 3.32. The van der Waals surface area contributed by atoms with Crippen LogP contribution in [0.1, 0.15) is 32.1 Å². The number of carbonyl (C=O) groups excluding carboxylic acids is 1. The van der Waals surface area contributed by atoms with Gasteiger partial charge in [0.25, 0.3) is 5.91 Å². The van der Waals surface area contributed by atoms with Crippen LogP contribution in [0.5, 0.6) is 0 Å². The van der Waals surface area contributed by atoms with Crippen LogP contribution in [0.2, 0.25) is 0 Å². The van der Waals surface area contributed by atoms with E-state index in [0.29, 0.717) is 11.3 Å². The van der Waals surface area contributed by atoms with Crippen molar-refractivity contribution in [2.24, 2.45) is 0 Å². The highest BCUT2D eigenvalue weighted by Gasteiger charge is 2.19. The number of carbonyl (C=O) groups is 1. The molecule has 0 spiro atoms. The Morgan fingerprint density at radius 3 is 2.95 bits per heavy atom. The van der Waals surface area contributed by atoms with Crippen LogP contribution in [0.3, 0.4) is 0 Å². The van der Waals surface area contributed by atoms with Crippen molar-refractivity contribution in [3.8, 4) is 6.07 Å². The number of benzene rings is 1. The van der Waals surface area contributed by atoms with Crippen molar-refractivity contribution < 1.29 is 4.79 Å². The summed E-state index contributed by atoms with van der Waals surface area (Å²) < 4.78 is 0.834. The lowest BCUT2D eigenvalue weighted by Gasteiger charge is -2.06. The summed E-state index contributed by atoms with van der Waals surface area (Å²) >= 11 is 4.91. The molecule has 0 unspecified atom stereocenters. The number of hydrogen-bond donors (Lipinski definition) is 1. The standard InChI is InChI=1S/C15H11BrN2OS/c16-11-5-4-10(8-17)12(7-11)18-15(19)14-6-9-2-1-3-13(9)20-14/h4-7H,1-3H2,(H,18,19). The van der Waals surface area contributed by atoms with E-state index in [4.69, 9.17) is 5.26 Å². The van der Waals surface area contributed by atoms with E-state index in [2.05, 4.69) is 27.3 Å². The number of hydrogen-bond acceptors (Lipinski definition) is 3. The Morgan fingerprint density at radius 1 is 1.35 bits per heavy atom. The molecular formula is C15H11BrN2OS. The number of rotatable bonds is 2. The van der Waals surface area contributed by atoms with Crippen LogP contribution in [0.4, 0.5) is 5.69 Å². The maximum atomic E-state index is 12.3. The molecule has 0 saturated heterocycles. The van der Waals surface area contributed by atoms with Gasteiger partial charge in [-0.1, -0.05) is 15.9 Å². The number of nitrogens with zero attached hydrogens (tertiary/aromatic N) is 1. The molecule has 3 rings (SSSR count). The molecule has 3 nitrogen and oxygen atoms in total. The molecule has 0 aliphatic heterocycles. The van der Waals surface area contributed by atoms with Crippen molar-refractivity contribution in [3.05, 3.63) is 49.6 Å². The van der Waals surface area contributed by atoms with E-state index in [0.717, 1.165) is 22.2 Å². The Bertz CT molecular complexity index is 708. The zero-order chi connectivity index (χ0) is 14.1. The van der Waals surface area contributed by atoms with Crippen molar-refractivity contribution in [1.29, 1.82) is 5.26 Å². The molecule has 0 radical (unpaired) electrons. The average Bonchev–Trinajstić information content (AvgIpc) is 2.99. The van der Waals surface area contributed by atoms with Crippen molar-refractivity contribution in [1.82, 2.24) is 0 Å². The van der Waals surface area contributed by atoms with Gasteiger partial charge in [0.05, 0.1) is 16.1 Å². The fraction of sp³-hybridized carbons (Fsp3) is 0.200. The van der Waals surface area contributed by atoms with Crippen LogP contribution in [0.25, 0.3) is 0 Å². The molecule has 100 valence electrons. The summed E-state index contributed by atoms with van der Waals surface area (Å²) in [6.45, 7) is 0. The average molecular weight is 347 g/mol. The highest BCUT2D eigenvalue weighted by Crippen LogP contribution is 2.31. The van der Waals surface area contributed by atoms with E-state index >= 15 is 0 Å². The number of fused-ring (bicyclic) bond motifs is 1. The summed E-state index contributed by atoms with van der Waals surface area (Å²) in [5, 5.41) is 11.9. The second kappa shape index (κ2) is 5.39. The summed E-state index contributed by atoms with van der Waals surface area (Å²) in [5.74, 6) is -0.140. The third-order valence-corrected chi connectivity index (χ3v) is 5.05. The van der Waals surface area contributed by atoms with Crippen LogP contribution in [-0.2, 0) is 12.8 Å². The number of thiophene rings is 1. The van der Waals surface area contributed by atoms with Crippen LogP contribution >= 0.6 is 27.3 Å². The number of nitriles is 1. The first-order chi connectivity index (χ1) is 9.67. The Morgan fingerprint density at radius 2 is 2.20 bits per heavy atom. The van der Waals surface area contributed by atoms with Crippen LogP contribution in [0.15, 0.2) is 28.7 Å². The maximum absolute atomic E-state index is 12.3. The molecule has 1 aliphatic carbocycles. The molecule has 1 aliphatic rings. The van der Waals surface area contributed by atoms with E-state index in [9.17, 15) is 4.79 Å². The summed E-state index contributed by atoms with van der Waals surface area (Å²) in [6, 6.07) is 9.29. The first-order valence-corrected chi connectivity index (χ1v) is 7.91. The largest absolute Gasteiger partial charge is 0.320 e. The number of anilines is 1. The van der Waals surface area contributed by atoms with E-state index in [1.54, 1.807) is 29.5 Å². The van der Waals surface area contributed by atoms with Gasteiger partial charge in [0.2, 0.25) is 0 Å². The van der Waals surface area contributed by atoms with Gasteiger partial charge in [-0.05, 0) is 49.1 Å². The number of halogens is 1. The molecule has 1 aromatic heterocycles. The molecule has 0 atom stereocenters. The Balaban J connectivity index is 1.85. The van der Waals surface area contributed by atoms with Gasteiger partial charge in [-0.15, -0.1) is 11.3 Å². The van der Waals surface area contributed by atoms with Crippen molar-refractivity contribution >= 4 is 38.9 Å². The van der Waals surface area contributed by atoms with Gasteiger partial charge in [0.15, 0.2) is 0 Å². The van der Waals surface area contributed by atoms with Crippen LogP contribution < -0.4 is 5.32 Å². The first kappa shape index (κ1) is 13.3. The Hall–Kier alpha value is -1.64. The Kier molecular flexibility index (Phi) is 3.60. The number of nitrogens with one attached hydrogen (secondary N) is 1. The molecule has 1 amide bonds. The molecule has 20 heavy (non-hydrogen) atoms. The van der Waals surface area contributed by atoms with Crippen LogP contribution in [0, 0.1) is 11.3 Å². The lowest BCUT2D eigenvalue weighted by atomic mass is 10.2. The highest BCUT2D eigenvalue weighted by atomic mass is 79.9. The van der Waals surface area contributed by atoms with E-state index in [1.165, 1.54) is 16.9 Å². The van der Waals surface area contributed by atoms with Gasteiger partial charge in [-0.3, -0.25) is 4.79 Å². The van der Waals surface area contributed by atoms with Crippen molar-refractivity contribution in [2.75, 3.05) is 5.32 Å². The predicted molar refractivity (Wildman–Crippen MR) is 83.2 cm³/mol. The van der Waals surface area contributed by atoms with Crippen molar-refractivity contribution in [3.63, 3.8) is 0 Å².